The Morgan fingerprint density at radius 1 is 1.56 bits per heavy atom. The lowest BCUT2D eigenvalue weighted by Gasteiger charge is -2.11. The minimum absolute atomic E-state index is 0.0146. The molecule has 18 heavy (non-hydrogen) atoms. The predicted molar refractivity (Wildman–Crippen MR) is 76.1 cm³/mol. The zero-order valence-electron chi connectivity index (χ0n) is 10.0. The van der Waals surface area contributed by atoms with Crippen LogP contribution in [0.15, 0.2) is 18.2 Å². The molecule has 1 rings (SSSR count). The highest BCUT2D eigenvalue weighted by Gasteiger charge is 2.10. The Labute approximate surface area is 116 Å². The van der Waals surface area contributed by atoms with E-state index in [1.54, 1.807) is 25.2 Å². The Bertz CT molecular complexity index is 452. The summed E-state index contributed by atoms with van der Waals surface area (Å²) in [5.74, 6) is 0.533. The average Bonchev–Trinajstić information content (AvgIpc) is 2.33. The van der Waals surface area contributed by atoms with Gasteiger partial charge < -0.3 is 15.8 Å². The standard InChI is InChI=1S/C12H15ClN2O2S/c1-15-10(16)6-3-7-17-9-5-2-4-8(13)11(9)12(14)18/h2,4-5H,3,6-7H2,1H3,(H2,14,18)(H,15,16). The van der Waals surface area contributed by atoms with Crippen molar-refractivity contribution in [3.63, 3.8) is 0 Å². The number of carbonyl (C=O) groups excluding carboxylic acids is 1. The van der Waals surface area contributed by atoms with Crippen molar-refractivity contribution in [2.75, 3.05) is 13.7 Å². The van der Waals surface area contributed by atoms with Gasteiger partial charge in [-0.3, -0.25) is 4.79 Å². The molecule has 1 amide bonds. The number of amides is 1. The van der Waals surface area contributed by atoms with Crippen LogP contribution in [0.25, 0.3) is 0 Å². The molecular weight excluding hydrogens is 272 g/mol. The maximum Gasteiger partial charge on any atom is 0.219 e. The largest absolute Gasteiger partial charge is 0.493 e. The highest BCUT2D eigenvalue weighted by Crippen LogP contribution is 2.26. The molecule has 0 aliphatic carbocycles. The molecule has 0 atom stereocenters. The van der Waals surface area contributed by atoms with Crippen LogP contribution in [0.2, 0.25) is 5.02 Å². The second-order valence-electron chi connectivity index (χ2n) is 3.60. The lowest BCUT2D eigenvalue weighted by molar-refractivity contribution is -0.120. The van der Waals surface area contributed by atoms with Crippen molar-refractivity contribution in [3.05, 3.63) is 28.8 Å². The third-order valence-electron chi connectivity index (χ3n) is 2.31. The number of benzene rings is 1. The Morgan fingerprint density at radius 3 is 2.89 bits per heavy atom. The molecule has 0 fully saturated rings. The Morgan fingerprint density at radius 2 is 2.28 bits per heavy atom. The van der Waals surface area contributed by atoms with E-state index < -0.39 is 0 Å². The number of halogens is 1. The summed E-state index contributed by atoms with van der Waals surface area (Å²) in [6.07, 6.45) is 1.03. The van der Waals surface area contributed by atoms with Gasteiger partial charge in [-0.15, -0.1) is 0 Å². The van der Waals surface area contributed by atoms with E-state index in [0.717, 1.165) is 0 Å². The molecule has 0 aliphatic rings. The van der Waals surface area contributed by atoms with E-state index in [2.05, 4.69) is 5.32 Å². The van der Waals surface area contributed by atoms with Gasteiger partial charge in [-0.2, -0.15) is 0 Å². The Balaban J connectivity index is 2.60. The van der Waals surface area contributed by atoms with Crippen LogP contribution in [-0.2, 0) is 4.79 Å². The predicted octanol–water partition coefficient (Wildman–Crippen LogP) is 1.88. The monoisotopic (exact) mass is 286 g/mol. The number of nitrogens with two attached hydrogens (primary N) is 1. The molecule has 0 saturated heterocycles. The first-order valence-corrected chi connectivity index (χ1v) is 6.26. The maximum absolute atomic E-state index is 11.0. The van der Waals surface area contributed by atoms with Crippen LogP contribution in [0.1, 0.15) is 18.4 Å². The second-order valence-corrected chi connectivity index (χ2v) is 4.45. The summed E-state index contributed by atoms with van der Waals surface area (Å²) in [5.41, 5.74) is 6.13. The van der Waals surface area contributed by atoms with Gasteiger partial charge >= 0.3 is 0 Å². The number of nitrogens with one attached hydrogen (secondary N) is 1. The van der Waals surface area contributed by atoms with Crippen molar-refractivity contribution in [3.8, 4) is 5.75 Å². The summed E-state index contributed by atoms with van der Waals surface area (Å²) in [4.78, 5) is 11.2. The summed E-state index contributed by atoms with van der Waals surface area (Å²) in [6.45, 7) is 0.406. The fourth-order valence-corrected chi connectivity index (χ4v) is 1.94. The molecule has 0 radical (unpaired) electrons. The van der Waals surface area contributed by atoms with E-state index in [9.17, 15) is 4.79 Å². The molecule has 0 spiro atoms. The fourth-order valence-electron chi connectivity index (χ4n) is 1.40. The average molecular weight is 287 g/mol. The number of ether oxygens (including phenoxy) is 1. The SMILES string of the molecule is CNC(=O)CCCOc1cccc(Cl)c1C(N)=S. The van der Waals surface area contributed by atoms with Crippen molar-refractivity contribution >= 4 is 34.7 Å². The molecule has 4 nitrogen and oxygen atoms in total. The molecule has 1 aromatic rings. The normalized spacial score (nSPS) is 9.89. The number of hydrogen-bond acceptors (Lipinski definition) is 3. The summed E-state index contributed by atoms with van der Waals surface area (Å²) >= 11 is 10.9. The van der Waals surface area contributed by atoms with Crippen molar-refractivity contribution in [1.82, 2.24) is 5.32 Å². The van der Waals surface area contributed by atoms with Crippen molar-refractivity contribution in [2.45, 2.75) is 12.8 Å². The number of carbonyl (C=O) groups is 1. The number of rotatable bonds is 6. The lowest BCUT2D eigenvalue weighted by atomic mass is 10.2. The molecule has 3 N–H and O–H groups in total. The van der Waals surface area contributed by atoms with Crippen LogP contribution in [0, 0.1) is 0 Å². The van der Waals surface area contributed by atoms with Gasteiger partial charge in [0.05, 0.1) is 17.2 Å². The van der Waals surface area contributed by atoms with E-state index in [4.69, 9.17) is 34.3 Å². The van der Waals surface area contributed by atoms with Crippen LogP contribution in [0.5, 0.6) is 5.75 Å². The molecule has 6 heteroatoms. The van der Waals surface area contributed by atoms with Crippen LogP contribution >= 0.6 is 23.8 Å². The molecular formula is C12H15ClN2O2S. The van der Waals surface area contributed by atoms with Gasteiger partial charge in [0, 0.05) is 13.5 Å². The lowest BCUT2D eigenvalue weighted by Crippen LogP contribution is -2.18. The van der Waals surface area contributed by atoms with Crippen LogP contribution in [-0.4, -0.2) is 24.6 Å². The number of thiocarbonyl (C=S) groups is 1. The third kappa shape index (κ3) is 4.16. The summed E-state index contributed by atoms with van der Waals surface area (Å²) < 4.78 is 5.54. The van der Waals surface area contributed by atoms with E-state index in [0.29, 0.717) is 35.8 Å². The van der Waals surface area contributed by atoms with Crippen molar-refractivity contribution in [2.24, 2.45) is 5.73 Å². The maximum atomic E-state index is 11.0. The van der Waals surface area contributed by atoms with E-state index in [1.165, 1.54) is 0 Å². The van der Waals surface area contributed by atoms with E-state index in [1.807, 2.05) is 0 Å². The molecule has 1 aromatic carbocycles. The molecule has 98 valence electrons. The quantitative estimate of drug-likeness (QED) is 0.619. The topological polar surface area (TPSA) is 64.3 Å². The van der Waals surface area contributed by atoms with E-state index >= 15 is 0 Å². The van der Waals surface area contributed by atoms with Crippen LogP contribution in [0.3, 0.4) is 0 Å². The van der Waals surface area contributed by atoms with Crippen LogP contribution < -0.4 is 15.8 Å². The molecule has 0 heterocycles. The number of hydrogen-bond donors (Lipinski definition) is 2. The second kappa shape index (κ2) is 7.18. The first-order chi connectivity index (χ1) is 8.56. The molecule has 0 bridgehead atoms. The minimum Gasteiger partial charge on any atom is -0.493 e. The van der Waals surface area contributed by atoms with Gasteiger partial charge in [-0.25, -0.2) is 0 Å². The minimum atomic E-state index is -0.0146. The molecule has 0 saturated carbocycles. The van der Waals surface area contributed by atoms with Gasteiger partial charge in [0.15, 0.2) is 0 Å². The zero-order valence-corrected chi connectivity index (χ0v) is 11.6. The van der Waals surface area contributed by atoms with Gasteiger partial charge in [-0.1, -0.05) is 29.9 Å². The van der Waals surface area contributed by atoms with E-state index in [-0.39, 0.29) is 10.9 Å². The highest BCUT2D eigenvalue weighted by atomic mass is 35.5. The first-order valence-electron chi connectivity index (χ1n) is 5.48. The first kappa shape index (κ1) is 14.7. The van der Waals surface area contributed by atoms with Gasteiger partial charge in [-0.05, 0) is 18.6 Å². The van der Waals surface area contributed by atoms with Crippen LogP contribution in [0.4, 0.5) is 0 Å². The summed E-state index contributed by atoms with van der Waals surface area (Å²) in [6, 6.07) is 5.21. The van der Waals surface area contributed by atoms with Gasteiger partial charge in [0.25, 0.3) is 0 Å². The van der Waals surface area contributed by atoms with Crippen molar-refractivity contribution < 1.29 is 9.53 Å². The summed E-state index contributed by atoms with van der Waals surface area (Å²) in [5, 5.41) is 3.01. The van der Waals surface area contributed by atoms with Crippen molar-refractivity contribution in [1.29, 1.82) is 0 Å². The smallest absolute Gasteiger partial charge is 0.219 e. The van der Waals surface area contributed by atoms with Gasteiger partial charge in [0.1, 0.15) is 10.7 Å². The molecule has 0 aromatic heterocycles. The van der Waals surface area contributed by atoms with Gasteiger partial charge in [0.2, 0.25) is 5.91 Å². The molecule has 0 aliphatic heterocycles. The highest BCUT2D eigenvalue weighted by molar-refractivity contribution is 7.80. The third-order valence-corrected chi connectivity index (χ3v) is 2.83. The molecule has 0 unspecified atom stereocenters. The Hall–Kier alpha value is -1.33. The fraction of sp³-hybridized carbons (Fsp3) is 0.333. The summed E-state index contributed by atoms with van der Waals surface area (Å²) in [7, 11) is 1.60. The Kier molecular flexibility index (Phi) is 5.88. The zero-order chi connectivity index (χ0) is 13.5.